The Bertz CT molecular complexity index is 488. The van der Waals surface area contributed by atoms with E-state index in [9.17, 15) is 0 Å². The largest absolute Gasteiger partial charge is 0.306 e. The lowest BCUT2D eigenvalue weighted by Crippen LogP contribution is -2.45. The number of hydrogen-bond acceptors (Lipinski definition) is 2. The molecule has 2 heteroatoms. The molecule has 1 fully saturated rings. The highest BCUT2D eigenvalue weighted by molar-refractivity contribution is 5.25. The van der Waals surface area contributed by atoms with Crippen LogP contribution in [0.2, 0.25) is 0 Å². The molecule has 0 bridgehead atoms. The minimum Gasteiger partial charge on any atom is -0.306 e. The van der Waals surface area contributed by atoms with Crippen LogP contribution in [0.5, 0.6) is 0 Å². The van der Waals surface area contributed by atoms with Crippen molar-refractivity contribution < 1.29 is 0 Å². The molecule has 116 valence electrons. The van der Waals surface area contributed by atoms with Crippen LogP contribution in [0.3, 0.4) is 0 Å². The maximum atomic E-state index is 4.68. The van der Waals surface area contributed by atoms with E-state index in [4.69, 9.17) is 0 Å². The SMILES string of the molecule is CC1(C)CC(NC2CCCc3cccnc32)CC(C)(C)C1. The summed E-state index contributed by atoms with van der Waals surface area (Å²) in [6.45, 7) is 9.70. The van der Waals surface area contributed by atoms with Gasteiger partial charge in [-0.15, -0.1) is 0 Å². The van der Waals surface area contributed by atoms with Crippen molar-refractivity contribution >= 4 is 0 Å². The lowest BCUT2D eigenvalue weighted by molar-refractivity contribution is 0.0787. The first-order valence-electron chi connectivity index (χ1n) is 8.55. The van der Waals surface area contributed by atoms with Crippen LogP contribution in [0, 0.1) is 10.8 Å². The highest BCUT2D eigenvalue weighted by Gasteiger charge is 2.39. The van der Waals surface area contributed by atoms with Crippen LogP contribution in [0.15, 0.2) is 18.3 Å². The topological polar surface area (TPSA) is 24.9 Å². The van der Waals surface area contributed by atoms with Crippen molar-refractivity contribution in [2.75, 3.05) is 0 Å². The zero-order chi connectivity index (χ0) is 15.1. The van der Waals surface area contributed by atoms with E-state index < -0.39 is 0 Å². The van der Waals surface area contributed by atoms with Crippen LogP contribution in [-0.4, -0.2) is 11.0 Å². The molecular formula is C19H30N2. The Labute approximate surface area is 129 Å². The first-order chi connectivity index (χ1) is 9.85. The minimum absolute atomic E-state index is 0.445. The molecule has 2 aliphatic carbocycles. The van der Waals surface area contributed by atoms with E-state index in [0.717, 1.165) is 0 Å². The predicted molar refractivity (Wildman–Crippen MR) is 88.3 cm³/mol. The maximum Gasteiger partial charge on any atom is 0.0605 e. The lowest BCUT2D eigenvalue weighted by atomic mass is 9.63. The third-order valence-corrected chi connectivity index (χ3v) is 5.19. The second kappa shape index (κ2) is 5.39. The molecule has 1 N–H and O–H groups in total. The van der Waals surface area contributed by atoms with Gasteiger partial charge in [0.15, 0.2) is 0 Å². The summed E-state index contributed by atoms with van der Waals surface area (Å²) >= 11 is 0. The van der Waals surface area contributed by atoms with Crippen molar-refractivity contribution in [3.05, 3.63) is 29.6 Å². The Morgan fingerprint density at radius 2 is 1.86 bits per heavy atom. The quantitative estimate of drug-likeness (QED) is 0.855. The Balaban J connectivity index is 1.75. The van der Waals surface area contributed by atoms with Gasteiger partial charge in [-0.2, -0.15) is 0 Å². The van der Waals surface area contributed by atoms with Gasteiger partial charge in [-0.25, -0.2) is 0 Å². The summed E-state index contributed by atoms with van der Waals surface area (Å²) in [7, 11) is 0. The number of nitrogens with zero attached hydrogens (tertiary/aromatic N) is 1. The van der Waals surface area contributed by atoms with Gasteiger partial charge in [0.25, 0.3) is 0 Å². The summed E-state index contributed by atoms with van der Waals surface area (Å²) in [6, 6.07) is 5.42. The van der Waals surface area contributed by atoms with Crippen molar-refractivity contribution in [1.29, 1.82) is 0 Å². The molecule has 0 aromatic carbocycles. The average Bonchev–Trinajstić information content (AvgIpc) is 2.35. The van der Waals surface area contributed by atoms with E-state index in [1.165, 1.54) is 49.8 Å². The Morgan fingerprint density at radius 3 is 2.57 bits per heavy atom. The fourth-order valence-corrected chi connectivity index (χ4v) is 5.02. The van der Waals surface area contributed by atoms with Gasteiger partial charge in [0.05, 0.1) is 5.69 Å². The summed E-state index contributed by atoms with van der Waals surface area (Å²) in [5.74, 6) is 0. The second-order valence-corrected chi connectivity index (χ2v) is 8.77. The number of aromatic nitrogens is 1. The number of hydrogen-bond donors (Lipinski definition) is 1. The van der Waals surface area contributed by atoms with Gasteiger partial charge in [0.1, 0.15) is 0 Å². The first-order valence-corrected chi connectivity index (χ1v) is 8.55. The van der Waals surface area contributed by atoms with Gasteiger partial charge in [-0.1, -0.05) is 33.8 Å². The lowest BCUT2D eigenvalue weighted by Gasteiger charge is -2.46. The molecule has 0 spiro atoms. The molecular weight excluding hydrogens is 256 g/mol. The number of pyridine rings is 1. The van der Waals surface area contributed by atoms with Crippen molar-refractivity contribution in [1.82, 2.24) is 10.3 Å². The third-order valence-electron chi connectivity index (χ3n) is 5.19. The summed E-state index contributed by atoms with van der Waals surface area (Å²) < 4.78 is 0. The number of rotatable bonds is 2. The zero-order valence-electron chi connectivity index (χ0n) is 14.1. The fourth-order valence-electron chi connectivity index (χ4n) is 5.02. The molecule has 1 saturated carbocycles. The third kappa shape index (κ3) is 3.48. The molecule has 2 nitrogen and oxygen atoms in total. The molecule has 1 aromatic heterocycles. The monoisotopic (exact) mass is 286 g/mol. The molecule has 2 aliphatic rings. The Kier molecular flexibility index (Phi) is 3.85. The van der Waals surface area contributed by atoms with E-state index in [0.29, 0.717) is 22.9 Å². The van der Waals surface area contributed by atoms with Crippen LogP contribution >= 0.6 is 0 Å². The number of aryl methyl sites for hydroxylation is 1. The molecule has 0 radical (unpaired) electrons. The van der Waals surface area contributed by atoms with Crippen molar-refractivity contribution in [3.8, 4) is 0 Å². The van der Waals surface area contributed by atoms with Crippen molar-refractivity contribution in [3.63, 3.8) is 0 Å². The molecule has 3 rings (SSSR count). The van der Waals surface area contributed by atoms with Gasteiger partial charge in [-0.3, -0.25) is 4.98 Å². The van der Waals surface area contributed by atoms with Crippen LogP contribution < -0.4 is 5.32 Å². The summed E-state index contributed by atoms with van der Waals surface area (Å²) in [5, 5.41) is 3.96. The van der Waals surface area contributed by atoms with Crippen molar-refractivity contribution in [2.24, 2.45) is 10.8 Å². The second-order valence-electron chi connectivity index (χ2n) is 8.77. The van der Waals surface area contributed by atoms with Gasteiger partial charge in [-0.05, 0) is 61.0 Å². The number of fused-ring (bicyclic) bond motifs is 1. The van der Waals surface area contributed by atoms with E-state index in [1.807, 2.05) is 6.20 Å². The summed E-state index contributed by atoms with van der Waals surface area (Å²) in [5.41, 5.74) is 3.66. The van der Waals surface area contributed by atoms with Crippen LogP contribution in [0.4, 0.5) is 0 Å². The van der Waals surface area contributed by atoms with Gasteiger partial charge >= 0.3 is 0 Å². The van der Waals surface area contributed by atoms with E-state index in [-0.39, 0.29) is 0 Å². The molecule has 21 heavy (non-hydrogen) atoms. The van der Waals surface area contributed by atoms with E-state index >= 15 is 0 Å². The highest BCUT2D eigenvalue weighted by atomic mass is 15.0. The average molecular weight is 286 g/mol. The van der Waals surface area contributed by atoms with Gasteiger partial charge in [0, 0.05) is 18.3 Å². The van der Waals surface area contributed by atoms with Gasteiger partial charge < -0.3 is 5.32 Å². The maximum absolute atomic E-state index is 4.68. The molecule has 0 aliphatic heterocycles. The van der Waals surface area contributed by atoms with Crippen LogP contribution in [0.25, 0.3) is 0 Å². The Hall–Kier alpha value is -0.890. The number of nitrogens with one attached hydrogen (secondary N) is 1. The van der Waals surface area contributed by atoms with Crippen molar-refractivity contribution in [2.45, 2.75) is 78.3 Å². The molecule has 0 amide bonds. The summed E-state index contributed by atoms with van der Waals surface area (Å²) in [6.07, 6.45) is 9.58. The molecule has 1 atom stereocenters. The Morgan fingerprint density at radius 1 is 1.14 bits per heavy atom. The highest BCUT2D eigenvalue weighted by Crippen LogP contribution is 2.46. The fraction of sp³-hybridized carbons (Fsp3) is 0.737. The molecule has 1 unspecified atom stereocenters. The molecule has 1 aromatic rings. The minimum atomic E-state index is 0.445. The first kappa shape index (κ1) is 15.0. The van der Waals surface area contributed by atoms with E-state index in [2.05, 4.69) is 50.1 Å². The summed E-state index contributed by atoms with van der Waals surface area (Å²) in [4.78, 5) is 4.68. The smallest absolute Gasteiger partial charge is 0.0605 e. The molecule has 0 saturated heterocycles. The standard InChI is InChI=1S/C19H30N2/c1-18(2)11-15(12-19(3,4)13-18)21-16-9-5-7-14-8-6-10-20-17(14)16/h6,8,10,15-16,21H,5,7,9,11-13H2,1-4H3. The predicted octanol–water partition coefficient (Wildman–Crippen LogP) is 4.65. The van der Waals surface area contributed by atoms with Gasteiger partial charge in [0.2, 0.25) is 0 Å². The van der Waals surface area contributed by atoms with E-state index in [1.54, 1.807) is 0 Å². The normalized spacial score (nSPS) is 28.1. The van der Waals surface area contributed by atoms with Crippen LogP contribution in [-0.2, 0) is 6.42 Å². The zero-order valence-corrected chi connectivity index (χ0v) is 14.1. The molecule has 1 heterocycles. The van der Waals surface area contributed by atoms with Crippen LogP contribution in [0.1, 0.15) is 77.1 Å².